The molecule has 3 heteroatoms. The van der Waals surface area contributed by atoms with Gasteiger partial charge in [0.05, 0.1) is 0 Å². The van der Waals surface area contributed by atoms with E-state index in [9.17, 15) is 9.59 Å². The Morgan fingerprint density at radius 2 is 1.90 bits per heavy atom. The highest BCUT2D eigenvalue weighted by molar-refractivity contribution is 5.66. The van der Waals surface area contributed by atoms with E-state index >= 15 is 0 Å². The van der Waals surface area contributed by atoms with Crippen LogP contribution in [0.25, 0.3) is 0 Å². The summed E-state index contributed by atoms with van der Waals surface area (Å²) in [4.78, 5) is 18.8. The molecule has 0 rings (SSSR count). The number of carboxylic acids is 1. The Kier molecular flexibility index (Phi) is 13.1. The van der Waals surface area contributed by atoms with Crippen LogP contribution >= 0.6 is 0 Å². The highest BCUT2D eigenvalue weighted by atomic mass is 16.4. The lowest BCUT2D eigenvalue weighted by molar-refractivity contribution is -0.137. The Morgan fingerprint density at radius 1 is 1.50 bits per heavy atom. The number of aliphatic carboxylic acids is 1. The molecule has 0 saturated carbocycles. The van der Waals surface area contributed by atoms with Crippen LogP contribution in [0, 0.1) is 0 Å². The Balaban J connectivity index is 0. The molecule has 0 aromatic heterocycles. The van der Waals surface area contributed by atoms with Crippen LogP contribution in [-0.2, 0) is 9.59 Å². The van der Waals surface area contributed by atoms with Gasteiger partial charge in [-0.3, -0.25) is 4.79 Å². The highest BCUT2D eigenvalue weighted by Gasteiger charge is 1.87. The molecular weight excluding hydrogens is 132 g/mol. The Morgan fingerprint density at radius 3 is 1.90 bits per heavy atom. The van der Waals surface area contributed by atoms with E-state index < -0.39 is 5.97 Å². The molecule has 60 valence electrons. The summed E-state index contributed by atoms with van der Waals surface area (Å²) in [5.74, 6) is -0.711. The molecule has 0 bridgehead atoms. The average molecular weight is 146 g/mol. The number of carboxylic acid groups (broad SMARTS) is 1. The summed E-state index contributed by atoms with van der Waals surface area (Å²) >= 11 is 0. The number of hydrogen-bond donors (Lipinski definition) is 1. The average Bonchev–Trinajstić information content (AvgIpc) is 1.89. The van der Waals surface area contributed by atoms with Crippen LogP contribution in [-0.4, -0.2) is 17.4 Å². The van der Waals surface area contributed by atoms with Crippen LogP contribution in [0.2, 0.25) is 0 Å². The molecule has 0 aromatic carbocycles. The van der Waals surface area contributed by atoms with Crippen molar-refractivity contribution < 1.29 is 14.7 Å². The van der Waals surface area contributed by atoms with Gasteiger partial charge in [0, 0.05) is 12.8 Å². The molecule has 0 aliphatic heterocycles. The molecule has 0 aromatic rings. The van der Waals surface area contributed by atoms with Crippen molar-refractivity contribution in [3.05, 3.63) is 0 Å². The first-order valence-corrected chi connectivity index (χ1v) is 3.34. The van der Waals surface area contributed by atoms with Crippen molar-refractivity contribution >= 4 is 12.3 Å². The maximum atomic E-state index is 9.60. The van der Waals surface area contributed by atoms with Crippen LogP contribution in [0.4, 0.5) is 0 Å². The van der Waals surface area contributed by atoms with Crippen molar-refractivity contribution in [2.75, 3.05) is 0 Å². The minimum atomic E-state index is -0.711. The van der Waals surface area contributed by atoms with Gasteiger partial charge >= 0.3 is 5.97 Å². The van der Waals surface area contributed by atoms with Crippen LogP contribution < -0.4 is 0 Å². The number of aldehydes is 1. The van der Waals surface area contributed by atoms with Crippen molar-refractivity contribution in [1.82, 2.24) is 0 Å². The van der Waals surface area contributed by atoms with Gasteiger partial charge in [-0.1, -0.05) is 13.8 Å². The molecular formula is C7H14O3. The van der Waals surface area contributed by atoms with E-state index in [0.717, 1.165) is 12.7 Å². The van der Waals surface area contributed by atoms with Crippen molar-refractivity contribution in [1.29, 1.82) is 0 Å². The zero-order valence-corrected chi connectivity index (χ0v) is 6.46. The summed E-state index contributed by atoms with van der Waals surface area (Å²) in [5.41, 5.74) is 0. The fraction of sp³-hybridized carbons (Fsp3) is 0.714. The minimum absolute atomic E-state index is 0.292. The van der Waals surface area contributed by atoms with E-state index in [1.54, 1.807) is 0 Å². The zero-order valence-electron chi connectivity index (χ0n) is 6.46. The molecule has 0 saturated heterocycles. The molecule has 0 spiro atoms. The van der Waals surface area contributed by atoms with Gasteiger partial charge in [-0.15, -0.1) is 0 Å². The topological polar surface area (TPSA) is 54.4 Å². The number of carbonyl (C=O) groups is 2. The van der Waals surface area contributed by atoms with Crippen molar-refractivity contribution in [2.45, 2.75) is 33.1 Å². The normalized spacial score (nSPS) is 7.40. The molecule has 0 fully saturated rings. The third-order valence-electron chi connectivity index (χ3n) is 0.631. The van der Waals surface area contributed by atoms with Crippen LogP contribution in [0.1, 0.15) is 33.1 Å². The summed E-state index contributed by atoms with van der Waals surface area (Å²) in [6.07, 6.45) is 2.54. The number of hydrogen-bond acceptors (Lipinski definition) is 2. The van der Waals surface area contributed by atoms with Crippen LogP contribution in [0.3, 0.4) is 0 Å². The van der Waals surface area contributed by atoms with Crippen LogP contribution in [0.5, 0.6) is 0 Å². The van der Waals surface area contributed by atoms with Gasteiger partial charge in [-0.2, -0.15) is 0 Å². The molecule has 3 nitrogen and oxygen atoms in total. The molecule has 1 N–H and O–H groups in total. The van der Waals surface area contributed by atoms with E-state index in [4.69, 9.17) is 5.11 Å². The minimum Gasteiger partial charge on any atom is -0.481 e. The predicted octanol–water partition coefficient (Wildman–Crippen LogP) is 1.47. The van der Waals surface area contributed by atoms with Gasteiger partial charge in [0.2, 0.25) is 0 Å². The van der Waals surface area contributed by atoms with Crippen LogP contribution in [0.15, 0.2) is 0 Å². The molecule has 0 aliphatic carbocycles. The molecule has 0 atom stereocenters. The van der Waals surface area contributed by atoms with Gasteiger partial charge in [0.15, 0.2) is 0 Å². The standard InChI is InChI=1S/C4H8O2.C3H6O/c1-2-3-4(5)6;1-2-3-4/h2-3H2,1H3,(H,5,6);3H,2H2,1H3. The fourth-order valence-electron chi connectivity index (χ4n) is 0.214. The molecule has 0 heterocycles. The Labute approximate surface area is 61.1 Å². The van der Waals surface area contributed by atoms with Gasteiger partial charge in [0.25, 0.3) is 0 Å². The summed E-state index contributed by atoms with van der Waals surface area (Å²) in [6.45, 7) is 3.65. The Bertz CT molecular complexity index is 88.9. The molecule has 0 amide bonds. The maximum absolute atomic E-state index is 9.60. The quantitative estimate of drug-likeness (QED) is 0.613. The van der Waals surface area contributed by atoms with Gasteiger partial charge in [0.1, 0.15) is 6.29 Å². The largest absolute Gasteiger partial charge is 0.481 e. The fourth-order valence-corrected chi connectivity index (χ4v) is 0.214. The number of rotatable bonds is 3. The first-order valence-electron chi connectivity index (χ1n) is 3.34. The molecule has 0 radical (unpaired) electrons. The van der Waals surface area contributed by atoms with Gasteiger partial charge < -0.3 is 9.90 Å². The lowest BCUT2D eigenvalue weighted by Gasteiger charge is -1.79. The van der Waals surface area contributed by atoms with E-state index in [0.29, 0.717) is 12.8 Å². The number of carbonyl (C=O) groups excluding carboxylic acids is 1. The van der Waals surface area contributed by atoms with E-state index in [-0.39, 0.29) is 0 Å². The van der Waals surface area contributed by atoms with Crippen molar-refractivity contribution in [3.8, 4) is 0 Å². The lowest BCUT2D eigenvalue weighted by atomic mass is 10.4. The van der Waals surface area contributed by atoms with Crippen molar-refractivity contribution in [3.63, 3.8) is 0 Å². The maximum Gasteiger partial charge on any atom is 0.303 e. The summed E-state index contributed by atoms with van der Waals surface area (Å²) in [5, 5.41) is 7.91. The van der Waals surface area contributed by atoms with Gasteiger partial charge in [-0.05, 0) is 6.42 Å². The molecule has 0 unspecified atom stereocenters. The highest BCUT2D eigenvalue weighted by Crippen LogP contribution is 1.82. The predicted molar refractivity (Wildman–Crippen MR) is 38.9 cm³/mol. The second kappa shape index (κ2) is 11.0. The van der Waals surface area contributed by atoms with E-state index in [2.05, 4.69) is 0 Å². The summed E-state index contributed by atoms with van der Waals surface area (Å²) in [7, 11) is 0. The van der Waals surface area contributed by atoms with Gasteiger partial charge in [-0.25, -0.2) is 0 Å². The van der Waals surface area contributed by atoms with E-state index in [1.807, 2.05) is 13.8 Å². The Hall–Kier alpha value is -0.860. The SMILES string of the molecule is CCC=O.CCCC(=O)O. The first kappa shape index (κ1) is 11.9. The first-order chi connectivity index (χ1) is 4.68. The summed E-state index contributed by atoms with van der Waals surface area (Å²) < 4.78 is 0. The third kappa shape index (κ3) is 27.3. The lowest BCUT2D eigenvalue weighted by Crippen LogP contribution is -1.90. The monoisotopic (exact) mass is 146 g/mol. The third-order valence-corrected chi connectivity index (χ3v) is 0.631. The molecule has 10 heavy (non-hydrogen) atoms. The molecule has 0 aliphatic rings. The second-order valence-corrected chi connectivity index (χ2v) is 1.72. The van der Waals surface area contributed by atoms with Crippen molar-refractivity contribution in [2.24, 2.45) is 0 Å². The summed E-state index contributed by atoms with van der Waals surface area (Å²) in [6, 6.07) is 0. The van der Waals surface area contributed by atoms with E-state index in [1.165, 1.54) is 0 Å². The smallest absolute Gasteiger partial charge is 0.303 e. The zero-order chi connectivity index (χ0) is 8.41. The second-order valence-electron chi connectivity index (χ2n) is 1.72.